The zero-order valence-corrected chi connectivity index (χ0v) is 18.3. The van der Waals surface area contributed by atoms with E-state index in [1.54, 1.807) is 4.57 Å². The van der Waals surface area contributed by atoms with E-state index >= 15 is 0 Å². The van der Waals surface area contributed by atoms with E-state index in [2.05, 4.69) is 0 Å². The maximum atomic E-state index is 13.5. The van der Waals surface area contributed by atoms with Crippen molar-refractivity contribution in [3.05, 3.63) is 70.5 Å². The van der Waals surface area contributed by atoms with Crippen molar-refractivity contribution in [1.82, 2.24) is 14.5 Å². The van der Waals surface area contributed by atoms with Crippen molar-refractivity contribution in [2.45, 2.75) is 49.6 Å². The molecule has 1 aromatic heterocycles. The third-order valence-corrected chi connectivity index (χ3v) is 6.72. The number of nitrogens with zero attached hydrogens (tertiary/aromatic N) is 3. The first kappa shape index (κ1) is 20.7. The number of carbonyl (C=O) groups excluding carboxylic acids is 1. The summed E-state index contributed by atoms with van der Waals surface area (Å²) >= 11 is 1.39. The van der Waals surface area contributed by atoms with Gasteiger partial charge in [-0.15, -0.1) is 0 Å². The van der Waals surface area contributed by atoms with Crippen LogP contribution >= 0.6 is 11.8 Å². The minimum absolute atomic E-state index is 0.0568. The summed E-state index contributed by atoms with van der Waals surface area (Å²) in [4.78, 5) is 33.5. The molecule has 2 heterocycles. The average molecular weight is 422 g/mol. The lowest BCUT2D eigenvalue weighted by atomic mass is 10.1. The number of carbonyl (C=O) groups is 1. The third-order valence-electron chi connectivity index (χ3n) is 5.51. The summed E-state index contributed by atoms with van der Waals surface area (Å²) < 4.78 is 1.71. The van der Waals surface area contributed by atoms with Gasteiger partial charge in [-0.3, -0.25) is 14.2 Å². The summed E-state index contributed by atoms with van der Waals surface area (Å²) in [6.45, 7) is 5.55. The number of benzene rings is 2. The SMILES string of the molecule is CC(C)n1c(S[C@H](C(=O)N2CCCCC2)c2ccccc2)nc2ccccc2c1=O. The molecule has 1 amide bonds. The second-order valence-electron chi connectivity index (χ2n) is 7.97. The van der Waals surface area contributed by atoms with Gasteiger partial charge in [0.15, 0.2) is 5.16 Å². The number of rotatable bonds is 5. The lowest BCUT2D eigenvalue weighted by Crippen LogP contribution is -2.38. The number of fused-ring (bicyclic) bond motifs is 1. The molecule has 1 fully saturated rings. The topological polar surface area (TPSA) is 55.2 Å². The molecule has 0 spiro atoms. The van der Waals surface area contributed by atoms with E-state index in [-0.39, 0.29) is 17.5 Å². The van der Waals surface area contributed by atoms with Crippen molar-refractivity contribution in [3.63, 3.8) is 0 Å². The Kier molecular flexibility index (Phi) is 6.23. The molecule has 5 nitrogen and oxygen atoms in total. The molecule has 0 aliphatic carbocycles. The maximum Gasteiger partial charge on any atom is 0.262 e. The van der Waals surface area contributed by atoms with Gasteiger partial charge in [-0.2, -0.15) is 0 Å². The van der Waals surface area contributed by atoms with Crippen LogP contribution in [-0.2, 0) is 4.79 Å². The van der Waals surface area contributed by atoms with Crippen LogP contribution in [0.25, 0.3) is 10.9 Å². The molecule has 1 aliphatic heterocycles. The standard InChI is InChI=1S/C24H27N3O2S/c1-17(2)27-22(28)19-13-7-8-14-20(19)25-24(27)30-21(18-11-5-3-6-12-18)23(29)26-15-9-4-10-16-26/h3,5-8,11-14,17,21H,4,9-10,15-16H2,1-2H3/t21-/m0/s1. The van der Waals surface area contributed by atoms with Gasteiger partial charge >= 0.3 is 0 Å². The molecule has 1 atom stereocenters. The zero-order valence-electron chi connectivity index (χ0n) is 17.5. The molecule has 1 aliphatic rings. The fourth-order valence-corrected chi connectivity index (χ4v) is 5.25. The number of thioether (sulfide) groups is 1. The smallest absolute Gasteiger partial charge is 0.262 e. The molecule has 156 valence electrons. The van der Waals surface area contributed by atoms with Gasteiger partial charge in [-0.05, 0) is 50.8 Å². The summed E-state index contributed by atoms with van der Waals surface area (Å²) in [6.07, 6.45) is 3.26. The largest absolute Gasteiger partial charge is 0.341 e. The Morgan fingerprint density at radius 3 is 2.33 bits per heavy atom. The molecule has 0 radical (unpaired) electrons. The quantitative estimate of drug-likeness (QED) is 0.438. The molecule has 0 saturated carbocycles. The predicted octanol–water partition coefficient (Wildman–Crippen LogP) is 4.82. The lowest BCUT2D eigenvalue weighted by Gasteiger charge is -2.30. The van der Waals surface area contributed by atoms with Crippen LogP contribution in [0.1, 0.15) is 50.0 Å². The van der Waals surface area contributed by atoms with Gasteiger partial charge in [-0.1, -0.05) is 54.2 Å². The van der Waals surface area contributed by atoms with E-state index in [1.165, 1.54) is 18.2 Å². The second kappa shape index (κ2) is 9.04. The first-order chi connectivity index (χ1) is 14.6. The Labute approximate surface area is 181 Å². The Hall–Kier alpha value is -2.60. The molecular weight excluding hydrogens is 394 g/mol. The number of piperidine rings is 1. The van der Waals surface area contributed by atoms with Crippen molar-refractivity contribution in [2.75, 3.05) is 13.1 Å². The summed E-state index contributed by atoms with van der Waals surface area (Å²) in [5, 5.41) is 0.768. The number of hydrogen-bond donors (Lipinski definition) is 0. The van der Waals surface area contributed by atoms with Gasteiger partial charge in [0.2, 0.25) is 5.91 Å². The summed E-state index contributed by atoms with van der Waals surface area (Å²) in [6, 6.07) is 17.2. The summed E-state index contributed by atoms with van der Waals surface area (Å²) in [5.41, 5.74) is 1.55. The van der Waals surface area contributed by atoms with E-state index in [9.17, 15) is 9.59 Å². The molecule has 0 unspecified atom stereocenters. The number of amides is 1. The fourth-order valence-electron chi connectivity index (χ4n) is 3.94. The van der Waals surface area contributed by atoms with Gasteiger partial charge in [-0.25, -0.2) is 4.98 Å². The van der Waals surface area contributed by atoms with Crippen molar-refractivity contribution in [2.24, 2.45) is 0 Å². The zero-order chi connectivity index (χ0) is 21.1. The van der Waals surface area contributed by atoms with E-state index < -0.39 is 5.25 Å². The minimum Gasteiger partial charge on any atom is -0.341 e. The number of para-hydroxylation sites is 1. The first-order valence-electron chi connectivity index (χ1n) is 10.6. The van der Waals surface area contributed by atoms with Gasteiger partial charge in [0.1, 0.15) is 5.25 Å². The van der Waals surface area contributed by atoms with Gasteiger partial charge in [0.05, 0.1) is 10.9 Å². The van der Waals surface area contributed by atoms with Gasteiger partial charge in [0.25, 0.3) is 5.56 Å². The predicted molar refractivity (Wildman–Crippen MR) is 122 cm³/mol. The normalized spacial score (nSPS) is 15.5. The van der Waals surface area contributed by atoms with Gasteiger partial charge < -0.3 is 4.90 Å². The Morgan fingerprint density at radius 2 is 1.63 bits per heavy atom. The van der Waals surface area contributed by atoms with E-state index in [1.807, 2.05) is 73.3 Å². The molecule has 0 N–H and O–H groups in total. The molecule has 2 aromatic carbocycles. The minimum atomic E-state index is -0.428. The van der Waals surface area contributed by atoms with Crippen LogP contribution in [0.15, 0.2) is 64.5 Å². The highest BCUT2D eigenvalue weighted by Gasteiger charge is 2.30. The van der Waals surface area contributed by atoms with E-state index in [0.29, 0.717) is 16.1 Å². The molecule has 0 bridgehead atoms. The first-order valence-corrected chi connectivity index (χ1v) is 11.5. The number of aromatic nitrogens is 2. The average Bonchev–Trinajstić information content (AvgIpc) is 2.78. The molecular formula is C24H27N3O2S. The van der Waals surface area contributed by atoms with E-state index in [4.69, 9.17) is 4.98 Å². The van der Waals surface area contributed by atoms with Crippen LogP contribution in [0.4, 0.5) is 0 Å². The van der Waals surface area contributed by atoms with Crippen LogP contribution < -0.4 is 5.56 Å². The van der Waals surface area contributed by atoms with Crippen LogP contribution in [-0.4, -0.2) is 33.4 Å². The monoisotopic (exact) mass is 421 g/mol. The molecule has 3 aromatic rings. The summed E-state index contributed by atoms with van der Waals surface area (Å²) in [5.74, 6) is 0.101. The molecule has 30 heavy (non-hydrogen) atoms. The van der Waals surface area contributed by atoms with Crippen molar-refractivity contribution in [1.29, 1.82) is 0 Å². The molecule has 6 heteroatoms. The number of likely N-dealkylation sites (tertiary alicyclic amines) is 1. The van der Waals surface area contributed by atoms with Crippen LogP contribution in [0.3, 0.4) is 0 Å². The van der Waals surface area contributed by atoms with Crippen LogP contribution in [0.2, 0.25) is 0 Å². The lowest BCUT2D eigenvalue weighted by molar-refractivity contribution is -0.131. The maximum absolute atomic E-state index is 13.5. The molecule has 1 saturated heterocycles. The highest BCUT2D eigenvalue weighted by Crippen LogP contribution is 2.37. The van der Waals surface area contributed by atoms with Crippen molar-refractivity contribution < 1.29 is 4.79 Å². The van der Waals surface area contributed by atoms with Gasteiger partial charge in [0, 0.05) is 19.1 Å². The highest BCUT2D eigenvalue weighted by atomic mass is 32.2. The van der Waals surface area contributed by atoms with Crippen LogP contribution in [0, 0.1) is 0 Å². The number of hydrogen-bond acceptors (Lipinski definition) is 4. The fraction of sp³-hybridized carbons (Fsp3) is 0.375. The summed E-state index contributed by atoms with van der Waals surface area (Å²) in [7, 11) is 0. The second-order valence-corrected chi connectivity index (χ2v) is 9.05. The molecule has 4 rings (SSSR count). The third kappa shape index (κ3) is 4.15. The Morgan fingerprint density at radius 1 is 0.967 bits per heavy atom. The van der Waals surface area contributed by atoms with Crippen molar-refractivity contribution >= 4 is 28.6 Å². The Bertz CT molecular complexity index is 1090. The highest BCUT2D eigenvalue weighted by molar-refractivity contribution is 8.00. The van der Waals surface area contributed by atoms with Crippen molar-refractivity contribution in [3.8, 4) is 0 Å². The Balaban J connectivity index is 1.79. The van der Waals surface area contributed by atoms with Crippen LogP contribution in [0.5, 0.6) is 0 Å². The van der Waals surface area contributed by atoms with E-state index in [0.717, 1.165) is 31.5 Å².